The molecule has 1 aliphatic heterocycles. The van der Waals surface area contributed by atoms with E-state index in [1.54, 1.807) is 24.3 Å². The predicted octanol–water partition coefficient (Wildman–Crippen LogP) is 3.98. The topological polar surface area (TPSA) is 73.9 Å². The lowest BCUT2D eigenvalue weighted by Gasteiger charge is -2.21. The number of carbonyl (C=O) groups excluding carboxylic acids is 2. The first-order chi connectivity index (χ1) is 13.1. The number of anilines is 1. The summed E-state index contributed by atoms with van der Waals surface area (Å²) in [7, 11) is 0. The third-order valence-corrected chi connectivity index (χ3v) is 5.19. The molecule has 2 aliphatic rings. The van der Waals surface area contributed by atoms with Gasteiger partial charge in [-0.25, -0.2) is 4.79 Å². The Morgan fingerprint density at radius 2 is 2.00 bits per heavy atom. The van der Waals surface area contributed by atoms with Gasteiger partial charge in [-0.05, 0) is 53.4 Å². The van der Waals surface area contributed by atoms with E-state index in [2.05, 4.69) is 5.32 Å². The lowest BCUT2D eigenvalue weighted by molar-refractivity contribution is -0.142. The van der Waals surface area contributed by atoms with Gasteiger partial charge in [-0.2, -0.15) is 11.3 Å². The molecule has 0 radical (unpaired) electrons. The fourth-order valence-electron chi connectivity index (χ4n) is 3.21. The average Bonchev–Trinajstić information content (AvgIpc) is 3.39. The van der Waals surface area contributed by atoms with Crippen molar-refractivity contribution < 1.29 is 23.8 Å². The molecular formula is C20H19NO5S. The Labute approximate surface area is 160 Å². The van der Waals surface area contributed by atoms with Crippen LogP contribution in [0.25, 0.3) is 6.08 Å². The molecule has 2 heterocycles. The van der Waals surface area contributed by atoms with Gasteiger partial charge in [0.25, 0.3) is 11.7 Å². The van der Waals surface area contributed by atoms with E-state index < -0.39 is 17.7 Å². The molecule has 1 saturated carbocycles. The maximum Gasteiger partial charge on any atom is 0.331 e. The van der Waals surface area contributed by atoms with Gasteiger partial charge in [0, 0.05) is 30.7 Å². The highest BCUT2D eigenvalue weighted by Gasteiger charge is 2.44. The molecule has 1 aromatic carbocycles. The quantitative estimate of drug-likeness (QED) is 0.622. The normalized spacial score (nSPS) is 16.7. The molecule has 1 fully saturated rings. The number of rotatable bonds is 5. The van der Waals surface area contributed by atoms with Gasteiger partial charge < -0.3 is 19.5 Å². The highest BCUT2D eigenvalue weighted by atomic mass is 32.1. The van der Waals surface area contributed by atoms with Crippen LogP contribution in [-0.4, -0.2) is 24.3 Å². The Morgan fingerprint density at radius 3 is 2.78 bits per heavy atom. The van der Waals surface area contributed by atoms with Crippen LogP contribution in [0.2, 0.25) is 0 Å². The van der Waals surface area contributed by atoms with Gasteiger partial charge in [0.1, 0.15) is 0 Å². The summed E-state index contributed by atoms with van der Waals surface area (Å²) in [6.45, 7) is -0.356. The van der Waals surface area contributed by atoms with Crippen molar-refractivity contribution in [3.63, 3.8) is 0 Å². The number of carbonyl (C=O) groups is 2. The SMILES string of the molecule is O=C(COC(=O)/C=C/c1ccsc1)Nc1ccc2c(c1)OC1(CCCC1)O2. The van der Waals surface area contributed by atoms with Gasteiger partial charge in [-0.1, -0.05) is 0 Å². The molecule has 2 aromatic rings. The summed E-state index contributed by atoms with van der Waals surface area (Å²) >= 11 is 1.54. The predicted molar refractivity (Wildman–Crippen MR) is 102 cm³/mol. The molecule has 1 N–H and O–H groups in total. The molecule has 0 atom stereocenters. The Balaban J connectivity index is 1.28. The minimum atomic E-state index is -0.565. The summed E-state index contributed by atoms with van der Waals surface area (Å²) in [5.74, 6) is -0.188. The van der Waals surface area contributed by atoms with Crippen molar-refractivity contribution in [1.29, 1.82) is 0 Å². The zero-order chi connectivity index (χ0) is 18.7. The lowest BCUT2D eigenvalue weighted by Crippen LogP contribution is -2.34. The minimum Gasteiger partial charge on any atom is -0.452 e. The van der Waals surface area contributed by atoms with Gasteiger partial charge in [0.2, 0.25) is 0 Å². The second-order valence-electron chi connectivity index (χ2n) is 6.53. The molecule has 140 valence electrons. The van der Waals surface area contributed by atoms with E-state index in [0.29, 0.717) is 17.2 Å². The third kappa shape index (κ3) is 4.14. The average molecular weight is 385 g/mol. The molecular weight excluding hydrogens is 366 g/mol. The molecule has 0 saturated heterocycles. The number of thiophene rings is 1. The van der Waals surface area contributed by atoms with Crippen LogP contribution in [0.1, 0.15) is 31.2 Å². The summed E-state index contributed by atoms with van der Waals surface area (Å²) in [6, 6.07) is 7.15. The fourth-order valence-corrected chi connectivity index (χ4v) is 3.83. The van der Waals surface area contributed by atoms with Crippen LogP contribution in [-0.2, 0) is 14.3 Å². The number of fused-ring (bicyclic) bond motifs is 1. The first-order valence-electron chi connectivity index (χ1n) is 8.81. The van der Waals surface area contributed by atoms with E-state index in [9.17, 15) is 9.59 Å². The first kappa shape index (κ1) is 17.6. The maximum atomic E-state index is 12.0. The van der Waals surface area contributed by atoms with Gasteiger partial charge in [-0.3, -0.25) is 4.79 Å². The third-order valence-electron chi connectivity index (χ3n) is 4.49. The first-order valence-corrected chi connectivity index (χ1v) is 9.75. The number of amides is 1. The zero-order valence-corrected chi connectivity index (χ0v) is 15.4. The van der Waals surface area contributed by atoms with Crippen molar-refractivity contribution in [2.24, 2.45) is 0 Å². The summed E-state index contributed by atoms with van der Waals surface area (Å²) < 4.78 is 16.9. The molecule has 0 bridgehead atoms. The van der Waals surface area contributed by atoms with E-state index in [0.717, 1.165) is 31.2 Å². The smallest absolute Gasteiger partial charge is 0.331 e. The molecule has 0 unspecified atom stereocenters. The van der Waals surface area contributed by atoms with E-state index in [-0.39, 0.29) is 6.61 Å². The molecule has 7 heteroatoms. The maximum absolute atomic E-state index is 12.0. The van der Waals surface area contributed by atoms with Crippen molar-refractivity contribution in [2.45, 2.75) is 31.5 Å². The summed E-state index contributed by atoms with van der Waals surface area (Å²) in [6.07, 6.45) is 6.87. The second kappa shape index (κ2) is 7.44. The zero-order valence-electron chi connectivity index (χ0n) is 14.6. The number of hydrogen-bond donors (Lipinski definition) is 1. The van der Waals surface area contributed by atoms with Crippen LogP contribution in [0.15, 0.2) is 41.1 Å². The van der Waals surface area contributed by atoms with Crippen molar-refractivity contribution in [2.75, 3.05) is 11.9 Å². The van der Waals surface area contributed by atoms with Crippen molar-refractivity contribution in [3.8, 4) is 11.5 Å². The summed E-state index contributed by atoms with van der Waals surface area (Å²) in [4.78, 5) is 23.7. The van der Waals surface area contributed by atoms with E-state index in [1.165, 1.54) is 17.4 Å². The summed E-state index contributed by atoms with van der Waals surface area (Å²) in [5, 5.41) is 6.53. The Bertz CT molecular complexity index is 869. The van der Waals surface area contributed by atoms with E-state index in [1.807, 2.05) is 16.8 Å². The van der Waals surface area contributed by atoms with Crippen molar-refractivity contribution in [3.05, 3.63) is 46.7 Å². The monoisotopic (exact) mass is 385 g/mol. The van der Waals surface area contributed by atoms with Gasteiger partial charge in [0.15, 0.2) is 18.1 Å². The number of ether oxygens (including phenoxy) is 3. The van der Waals surface area contributed by atoms with Crippen LogP contribution in [0.3, 0.4) is 0 Å². The highest BCUT2D eigenvalue weighted by molar-refractivity contribution is 7.08. The number of hydrogen-bond acceptors (Lipinski definition) is 6. The van der Waals surface area contributed by atoms with Crippen LogP contribution in [0.4, 0.5) is 5.69 Å². The standard InChI is InChI=1S/C20H19NO5S/c22-18(12-24-19(23)6-3-14-7-10-27-13-14)21-15-4-5-16-17(11-15)26-20(25-16)8-1-2-9-20/h3-7,10-11,13H,1-2,8-9,12H2,(H,21,22)/b6-3+. The second-order valence-corrected chi connectivity index (χ2v) is 7.31. The largest absolute Gasteiger partial charge is 0.452 e. The Hall–Kier alpha value is -2.80. The van der Waals surface area contributed by atoms with Crippen molar-refractivity contribution >= 4 is 35.0 Å². The molecule has 1 aliphatic carbocycles. The highest BCUT2D eigenvalue weighted by Crippen LogP contribution is 2.47. The number of benzene rings is 1. The van der Waals surface area contributed by atoms with Crippen LogP contribution in [0, 0.1) is 0 Å². The molecule has 27 heavy (non-hydrogen) atoms. The Kier molecular flexibility index (Phi) is 4.85. The van der Waals surface area contributed by atoms with Gasteiger partial charge in [0.05, 0.1) is 0 Å². The Morgan fingerprint density at radius 1 is 1.19 bits per heavy atom. The molecule has 1 spiro atoms. The minimum absolute atomic E-state index is 0.356. The number of esters is 1. The molecule has 6 nitrogen and oxygen atoms in total. The van der Waals surface area contributed by atoms with Crippen LogP contribution < -0.4 is 14.8 Å². The molecule has 1 amide bonds. The number of nitrogens with one attached hydrogen (secondary N) is 1. The summed E-state index contributed by atoms with van der Waals surface area (Å²) in [5.41, 5.74) is 1.49. The van der Waals surface area contributed by atoms with Crippen LogP contribution in [0.5, 0.6) is 11.5 Å². The van der Waals surface area contributed by atoms with Crippen LogP contribution >= 0.6 is 11.3 Å². The van der Waals surface area contributed by atoms with Gasteiger partial charge in [-0.15, -0.1) is 0 Å². The van der Waals surface area contributed by atoms with E-state index >= 15 is 0 Å². The molecule has 4 rings (SSSR count). The molecule has 1 aromatic heterocycles. The lowest BCUT2D eigenvalue weighted by atomic mass is 10.2. The van der Waals surface area contributed by atoms with Crippen molar-refractivity contribution in [1.82, 2.24) is 0 Å². The van der Waals surface area contributed by atoms with E-state index in [4.69, 9.17) is 14.2 Å². The van der Waals surface area contributed by atoms with Gasteiger partial charge >= 0.3 is 5.97 Å². The fraction of sp³-hybridized carbons (Fsp3) is 0.300.